The van der Waals surface area contributed by atoms with Crippen molar-refractivity contribution >= 4 is 39.7 Å². The predicted molar refractivity (Wildman–Crippen MR) is 116 cm³/mol. The predicted octanol–water partition coefficient (Wildman–Crippen LogP) is 2.74. The Kier molecular flexibility index (Phi) is 5.54. The van der Waals surface area contributed by atoms with Gasteiger partial charge in [-0.2, -0.15) is 11.8 Å². The summed E-state index contributed by atoms with van der Waals surface area (Å²) >= 11 is 3.02. The highest BCUT2D eigenvalue weighted by molar-refractivity contribution is 7.98. The summed E-state index contributed by atoms with van der Waals surface area (Å²) in [5.41, 5.74) is 9.40. The third kappa shape index (κ3) is 4.31. The summed E-state index contributed by atoms with van der Waals surface area (Å²) in [4.78, 5) is 31.7. The van der Waals surface area contributed by atoms with E-state index in [1.807, 2.05) is 11.4 Å². The third-order valence-electron chi connectivity index (χ3n) is 4.68. The fourth-order valence-electron chi connectivity index (χ4n) is 3.33. The average molecular weight is 416 g/mol. The van der Waals surface area contributed by atoms with E-state index in [-0.39, 0.29) is 5.56 Å². The molecule has 1 aliphatic carbocycles. The van der Waals surface area contributed by atoms with Crippen molar-refractivity contribution in [1.82, 2.24) is 14.5 Å². The quantitative estimate of drug-likeness (QED) is 0.513. The minimum Gasteiger partial charge on any atom is -0.375 e. The van der Waals surface area contributed by atoms with E-state index in [1.165, 1.54) is 39.5 Å². The van der Waals surface area contributed by atoms with Crippen molar-refractivity contribution in [3.63, 3.8) is 0 Å². The number of aryl methyl sites for hydroxylation is 2. The summed E-state index contributed by atoms with van der Waals surface area (Å²) in [6.45, 7) is 0.345. The van der Waals surface area contributed by atoms with E-state index >= 15 is 0 Å². The van der Waals surface area contributed by atoms with E-state index < -0.39 is 5.69 Å². The first-order valence-electron chi connectivity index (χ1n) is 9.09. The molecule has 4 N–H and O–H groups in total. The zero-order chi connectivity index (χ0) is 19.5. The van der Waals surface area contributed by atoms with Gasteiger partial charge in [-0.15, -0.1) is 11.3 Å². The van der Waals surface area contributed by atoms with Gasteiger partial charge < -0.3 is 11.1 Å². The van der Waals surface area contributed by atoms with Crippen molar-refractivity contribution in [2.45, 2.75) is 31.6 Å². The van der Waals surface area contributed by atoms with Crippen molar-refractivity contribution in [2.24, 2.45) is 0 Å². The van der Waals surface area contributed by atoms with Crippen LogP contribution in [0.25, 0.3) is 0 Å². The van der Waals surface area contributed by atoms with Crippen LogP contribution < -0.4 is 22.3 Å². The Bertz CT molecular complexity index is 1070. The third-order valence-corrected chi connectivity index (χ3v) is 6.37. The molecule has 2 heterocycles. The van der Waals surface area contributed by atoms with Gasteiger partial charge in [0, 0.05) is 35.2 Å². The second-order valence-electron chi connectivity index (χ2n) is 6.67. The smallest absolute Gasteiger partial charge is 0.329 e. The van der Waals surface area contributed by atoms with Crippen LogP contribution in [0.3, 0.4) is 0 Å². The summed E-state index contributed by atoms with van der Waals surface area (Å²) in [5, 5.41) is 5.61. The van der Waals surface area contributed by atoms with Crippen LogP contribution >= 0.6 is 23.1 Å². The Labute approximate surface area is 170 Å². The van der Waals surface area contributed by atoms with Crippen LogP contribution in [0.1, 0.15) is 23.2 Å². The molecule has 0 amide bonds. The molecule has 2 aromatic heterocycles. The van der Waals surface area contributed by atoms with E-state index in [1.54, 1.807) is 11.8 Å². The lowest BCUT2D eigenvalue weighted by molar-refractivity contribution is 0.681. The first-order valence-corrected chi connectivity index (χ1v) is 11.1. The van der Waals surface area contributed by atoms with Crippen LogP contribution in [0.15, 0.2) is 39.2 Å². The summed E-state index contributed by atoms with van der Waals surface area (Å²) in [7, 11) is 0. The van der Waals surface area contributed by atoms with Gasteiger partial charge in [-0.05, 0) is 42.5 Å². The lowest BCUT2D eigenvalue weighted by atomic mass is 10.1. The number of fused-ring (bicyclic) bond motifs is 1. The number of hydrogen-bond donors (Lipinski definition) is 3. The Morgan fingerprint density at radius 2 is 2.11 bits per heavy atom. The summed E-state index contributed by atoms with van der Waals surface area (Å²) in [6.07, 6.45) is 3.38. The van der Waals surface area contributed by atoms with Gasteiger partial charge in [0.25, 0.3) is 5.56 Å². The minimum atomic E-state index is -0.408. The maximum atomic E-state index is 12.4. The van der Waals surface area contributed by atoms with Crippen molar-refractivity contribution < 1.29 is 0 Å². The number of aromatic amines is 1. The fraction of sp³-hybridized carbons (Fsp3) is 0.316. The number of thiazole rings is 1. The molecule has 1 aliphatic rings. The van der Waals surface area contributed by atoms with Crippen molar-refractivity contribution in [2.75, 3.05) is 16.8 Å². The van der Waals surface area contributed by atoms with E-state index in [4.69, 9.17) is 5.73 Å². The molecular weight excluding hydrogens is 394 g/mol. The van der Waals surface area contributed by atoms with E-state index in [0.717, 1.165) is 24.2 Å². The Morgan fingerprint density at radius 3 is 2.89 bits per heavy atom. The van der Waals surface area contributed by atoms with Crippen LogP contribution in [0.4, 0.5) is 16.6 Å². The van der Waals surface area contributed by atoms with E-state index in [2.05, 4.69) is 27.4 Å². The molecule has 0 spiro atoms. The molecule has 0 unspecified atom stereocenters. The maximum absolute atomic E-state index is 12.4. The Hall–Kier alpha value is -2.52. The summed E-state index contributed by atoms with van der Waals surface area (Å²) in [6, 6.07) is 7.61. The van der Waals surface area contributed by atoms with Crippen LogP contribution in [-0.2, 0) is 25.1 Å². The van der Waals surface area contributed by atoms with E-state index in [0.29, 0.717) is 29.0 Å². The van der Waals surface area contributed by atoms with Crippen molar-refractivity contribution in [1.29, 1.82) is 0 Å². The first kappa shape index (κ1) is 18.8. The molecule has 146 valence electrons. The van der Waals surface area contributed by atoms with Gasteiger partial charge in [-0.3, -0.25) is 14.3 Å². The number of anilines is 3. The lowest BCUT2D eigenvalue weighted by Crippen LogP contribution is -2.35. The molecule has 7 nitrogen and oxygen atoms in total. The van der Waals surface area contributed by atoms with Gasteiger partial charge >= 0.3 is 5.69 Å². The molecule has 28 heavy (non-hydrogen) atoms. The van der Waals surface area contributed by atoms with Crippen LogP contribution in [0.2, 0.25) is 0 Å². The van der Waals surface area contributed by atoms with Gasteiger partial charge in [-0.25, -0.2) is 9.78 Å². The van der Waals surface area contributed by atoms with Crippen LogP contribution in [0, 0.1) is 0 Å². The van der Waals surface area contributed by atoms with E-state index in [9.17, 15) is 9.59 Å². The van der Waals surface area contributed by atoms with Crippen LogP contribution in [-0.4, -0.2) is 20.3 Å². The molecular formula is C19H21N5O2S2. The number of H-pyrrole nitrogens is 1. The van der Waals surface area contributed by atoms with Gasteiger partial charge in [0.05, 0.1) is 5.69 Å². The first-order chi connectivity index (χ1) is 13.6. The normalized spacial score (nSPS) is 12.9. The SMILES string of the molecule is Nc1nc(CSCCn2c(=O)cc(Nc3ccc4c(c3)CCC4)[nH]c2=O)cs1. The van der Waals surface area contributed by atoms with Crippen molar-refractivity contribution in [3.8, 4) is 0 Å². The molecule has 1 aromatic carbocycles. The lowest BCUT2D eigenvalue weighted by Gasteiger charge is -2.10. The molecule has 0 fully saturated rings. The second-order valence-corrected chi connectivity index (χ2v) is 8.66. The highest BCUT2D eigenvalue weighted by atomic mass is 32.2. The maximum Gasteiger partial charge on any atom is 0.329 e. The number of hydrogen-bond acceptors (Lipinski definition) is 7. The minimum absolute atomic E-state index is 0.314. The molecule has 4 rings (SSSR count). The Morgan fingerprint density at radius 1 is 1.25 bits per heavy atom. The van der Waals surface area contributed by atoms with Crippen LogP contribution in [0.5, 0.6) is 0 Å². The summed E-state index contributed by atoms with van der Waals surface area (Å²) in [5.74, 6) is 1.76. The largest absolute Gasteiger partial charge is 0.375 e. The zero-order valence-corrected chi connectivity index (χ0v) is 16.9. The monoisotopic (exact) mass is 415 g/mol. The standard InChI is InChI=1S/C19H21N5O2S2/c20-18-22-15(11-28-18)10-27-7-6-24-17(25)9-16(23-19(24)26)21-14-5-4-12-2-1-3-13(12)8-14/h4-5,8-9,11,21H,1-3,6-7,10H2,(H2,20,22)(H,23,26). The average Bonchev–Trinajstić information content (AvgIpc) is 3.28. The summed E-state index contributed by atoms with van der Waals surface area (Å²) < 4.78 is 1.22. The van der Waals surface area contributed by atoms with Gasteiger partial charge in [0.15, 0.2) is 5.13 Å². The second kappa shape index (κ2) is 8.24. The number of nitrogen functional groups attached to an aromatic ring is 1. The fourth-order valence-corrected chi connectivity index (χ4v) is 4.81. The topological polar surface area (TPSA) is 106 Å². The van der Waals surface area contributed by atoms with Crippen molar-refractivity contribution in [3.05, 3.63) is 67.3 Å². The number of nitrogens with zero attached hydrogens (tertiary/aromatic N) is 2. The molecule has 0 saturated carbocycles. The number of nitrogens with two attached hydrogens (primary N) is 1. The highest BCUT2D eigenvalue weighted by Crippen LogP contribution is 2.25. The molecule has 0 radical (unpaired) electrons. The zero-order valence-electron chi connectivity index (χ0n) is 15.2. The van der Waals surface area contributed by atoms with Gasteiger partial charge in [0.1, 0.15) is 5.82 Å². The Balaban J connectivity index is 1.39. The van der Waals surface area contributed by atoms with Gasteiger partial charge in [0.2, 0.25) is 0 Å². The molecule has 0 saturated heterocycles. The van der Waals surface area contributed by atoms with Gasteiger partial charge in [-0.1, -0.05) is 6.07 Å². The number of nitrogens with one attached hydrogen (secondary N) is 2. The highest BCUT2D eigenvalue weighted by Gasteiger charge is 2.11. The molecule has 0 atom stereocenters. The molecule has 0 aliphatic heterocycles. The number of aromatic nitrogens is 3. The number of benzene rings is 1. The molecule has 3 aromatic rings. The number of thioether (sulfide) groups is 1. The molecule has 9 heteroatoms. The number of rotatable bonds is 7. The molecule has 0 bridgehead atoms.